The van der Waals surface area contributed by atoms with Crippen molar-refractivity contribution in [3.8, 4) is 5.88 Å². The van der Waals surface area contributed by atoms with Crippen LogP contribution in [0.25, 0.3) is 6.08 Å². The zero-order valence-corrected chi connectivity index (χ0v) is 12.4. The second-order valence-corrected chi connectivity index (χ2v) is 4.33. The van der Waals surface area contributed by atoms with Gasteiger partial charge in [0.1, 0.15) is 5.82 Å². The minimum absolute atomic E-state index is 0.0918. The number of hydrazine groups is 1. The summed E-state index contributed by atoms with van der Waals surface area (Å²) in [4.78, 5) is 29.6. The number of aromatic nitrogens is 2. The Kier molecular flexibility index (Phi) is 5.34. The number of nitrogens with one attached hydrogen (secondary N) is 2. The molecule has 0 saturated carbocycles. The van der Waals surface area contributed by atoms with E-state index >= 15 is 0 Å². The molecule has 0 atom stereocenters. The van der Waals surface area contributed by atoms with E-state index in [9.17, 15) is 19.3 Å². The molecule has 1 amide bonds. The molecule has 0 fully saturated rings. The van der Waals surface area contributed by atoms with Crippen LogP contribution in [0.15, 0.2) is 36.5 Å². The molecule has 1 aromatic carbocycles. The number of carbonyl (C=O) groups excluding carboxylic acids is 1. The van der Waals surface area contributed by atoms with E-state index in [1.807, 2.05) is 0 Å². The number of hydrogen-bond acceptors (Lipinski definition) is 7. The molecule has 2 N–H and O–H groups in total. The first-order valence-corrected chi connectivity index (χ1v) is 6.54. The number of nitro benzene ring substituents is 1. The lowest BCUT2D eigenvalue weighted by Gasteiger charge is -2.05. The summed E-state index contributed by atoms with van der Waals surface area (Å²) in [6.45, 7) is 0. The Morgan fingerprint density at radius 2 is 2.21 bits per heavy atom. The van der Waals surface area contributed by atoms with Crippen molar-refractivity contribution in [2.45, 2.75) is 0 Å². The number of benzene rings is 1. The van der Waals surface area contributed by atoms with E-state index in [0.29, 0.717) is 5.88 Å². The first-order chi connectivity index (χ1) is 11.5. The number of nitrogens with zero attached hydrogens (tertiary/aromatic N) is 3. The topological polar surface area (TPSA) is 119 Å². The lowest BCUT2D eigenvalue weighted by Crippen LogP contribution is -2.28. The van der Waals surface area contributed by atoms with Crippen molar-refractivity contribution >= 4 is 23.6 Å². The third-order valence-corrected chi connectivity index (χ3v) is 2.74. The van der Waals surface area contributed by atoms with Crippen molar-refractivity contribution < 1.29 is 18.8 Å². The summed E-state index contributed by atoms with van der Waals surface area (Å²) >= 11 is 0. The largest absolute Gasteiger partial charge is 0.481 e. The summed E-state index contributed by atoms with van der Waals surface area (Å²) in [5.74, 6) is -0.941. The smallest absolute Gasteiger partial charge is 0.279 e. The number of ether oxygens (including phenoxy) is 1. The predicted octanol–water partition coefficient (Wildman–Crippen LogP) is 1.69. The van der Waals surface area contributed by atoms with E-state index in [2.05, 4.69) is 20.8 Å². The van der Waals surface area contributed by atoms with Crippen molar-refractivity contribution in [1.82, 2.24) is 15.4 Å². The highest BCUT2D eigenvalue weighted by Gasteiger charge is 2.12. The van der Waals surface area contributed by atoms with Crippen LogP contribution in [0.1, 0.15) is 5.56 Å². The molecule has 0 unspecified atom stereocenters. The van der Waals surface area contributed by atoms with Gasteiger partial charge in [-0.3, -0.25) is 25.8 Å². The Bertz CT molecular complexity index is 796. The Labute approximate surface area is 135 Å². The number of rotatable bonds is 6. The molecule has 0 saturated heterocycles. The van der Waals surface area contributed by atoms with Gasteiger partial charge in [-0.1, -0.05) is 0 Å². The van der Waals surface area contributed by atoms with Gasteiger partial charge in [0.25, 0.3) is 11.6 Å². The van der Waals surface area contributed by atoms with Crippen LogP contribution in [0.4, 0.5) is 16.0 Å². The van der Waals surface area contributed by atoms with Crippen LogP contribution in [-0.4, -0.2) is 27.9 Å². The van der Waals surface area contributed by atoms with Gasteiger partial charge >= 0.3 is 0 Å². The number of hydrogen-bond donors (Lipinski definition) is 2. The van der Waals surface area contributed by atoms with Gasteiger partial charge in [-0.15, -0.1) is 0 Å². The van der Waals surface area contributed by atoms with Crippen LogP contribution in [0.2, 0.25) is 0 Å². The first-order valence-electron chi connectivity index (χ1n) is 6.54. The van der Waals surface area contributed by atoms with Gasteiger partial charge in [-0.05, 0) is 18.2 Å². The molecule has 1 aromatic heterocycles. The lowest BCUT2D eigenvalue weighted by atomic mass is 10.1. The molecule has 124 valence electrons. The van der Waals surface area contributed by atoms with Gasteiger partial charge in [0.15, 0.2) is 0 Å². The Morgan fingerprint density at radius 1 is 1.42 bits per heavy atom. The predicted molar refractivity (Wildman–Crippen MR) is 82.4 cm³/mol. The molecule has 24 heavy (non-hydrogen) atoms. The van der Waals surface area contributed by atoms with E-state index in [-0.39, 0.29) is 11.5 Å². The van der Waals surface area contributed by atoms with E-state index in [0.717, 1.165) is 18.2 Å². The maximum atomic E-state index is 13.0. The normalized spacial score (nSPS) is 10.4. The second kappa shape index (κ2) is 7.63. The molecule has 1 heterocycles. The minimum atomic E-state index is -0.736. The fraction of sp³-hybridized carbons (Fsp3) is 0.0714. The van der Waals surface area contributed by atoms with Gasteiger partial charge in [-0.25, -0.2) is 9.37 Å². The molecule has 0 aliphatic rings. The van der Waals surface area contributed by atoms with Crippen molar-refractivity contribution in [3.05, 3.63) is 58.0 Å². The highest BCUT2D eigenvalue weighted by atomic mass is 19.1. The Morgan fingerprint density at radius 3 is 2.92 bits per heavy atom. The average Bonchev–Trinajstić information content (AvgIpc) is 2.58. The molecule has 9 nitrogen and oxygen atoms in total. The fourth-order valence-corrected chi connectivity index (χ4v) is 1.66. The maximum Gasteiger partial charge on any atom is 0.279 e. The van der Waals surface area contributed by atoms with Gasteiger partial charge in [0.2, 0.25) is 11.8 Å². The zero-order chi connectivity index (χ0) is 17.5. The van der Waals surface area contributed by atoms with E-state index in [4.69, 9.17) is 4.74 Å². The summed E-state index contributed by atoms with van der Waals surface area (Å²) < 4.78 is 17.9. The summed E-state index contributed by atoms with van der Waals surface area (Å²) in [5, 5.41) is 10.9. The summed E-state index contributed by atoms with van der Waals surface area (Å²) in [7, 11) is 1.43. The number of nitro groups is 1. The van der Waals surface area contributed by atoms with Gasteiger partial charge in [0, 0.05) is 18.3 Å². The lowest BCUT2D eigenvalue weighted by molar-refractivity contribution is -0.385. The van der Waals surface area contributed by atoms with E-state index in [1.165, 1.54) is 31.5 Å². The number of anilines is 1. The van der Waals surface area contributed by atoms with Gasteiger partial charge < -0.3 is 4.74 Å². The molecule has 0 radical (unpaired) electrons. The Hall–Kier alpha value is -3.56. The first kappa shape index (κ1) is 16.8. The summed E-state index contributed by atoms with van der Waals surface area (Å²) in [6.07, 6.45) is 3.67. The van der Waals surface area contributed by atoms with Crippen LogP contribution >= 0.6 is 0 Å². The molecule has 0 bridgehead atoms. The van der Waals surface area contributed by atoms with Crippen LogP contribution in [0, 0.1) is 15.9 Å². The molecular weight excluding hydrogens is 321 g/mol. The van der Waals surface area contributed by atoms with Crippen molar-refractivity contribution in [2.75, 3.05) is 12.5 Å². The van der Waals surface area contributed by atoms with Gasteiger partial charge in [0.05, 0.1) is 23.7 Å². The average molecular weight is 333 g/mol. The van der Waals surface area contributed by atoms with E-state index < -0.39 is 22.3 Å². The number of halogens is 1. The van der Waals surface area contributed by atoms with E-state index in [1.54, 1.807) is 0 Å². The maximum absolute atomic E-state index is 13.0. The quantitative estimate of drug-likeness (QED) is 0.469. The van der Waals surface area contributed by atoms with Crippen LogP contribution in [0.3, 0.4) is 0 Å². The van der Waals surface area contributed by atoms with Crippen molar-refractivity contribution in [2.24, 2.45) is 0 Å². The van der Waals surface area contributed by atoms with Crippen molar-refractivity contribution in [3.63, 3.8) is 0 Å². The zero-order valence-electron chi connectivity index (χ0n) is 12.4. The SMILES string of the molecule is COc1ccnc(NNC(=O)C=Cc2ccc(F)cc2[N+](=O)[O-])n1. The minimum Gasteiger partial charge on any atom is -0.481 e. The molecule has 10 heteroatoms. The highest BCUT2D eigenvalue weighted by molar-refractivity contribution is 5.92. The molecule has 2 rings (SSSR count). The van der Waals surface area contributed by atoms with Crippen molar-refractivity contribution in [1.29, 1.82) is 0 Å². The standard InChI is InChI=1S/C14H12FN5O4/c1-24-13-6-7-16-14(17-13)19-18-12(21)5-3-9-2-4-10(15)8-11(9)20(22)23/h2-8H,1H3,(H,18,21)(H,16,17,19). The third-order valence-electron chi connectivity index (χ3n) is 2.74. The molecule has 2 aromatic rings. The number of methoxy groups -OCH3 is 1. The van der Waals surface area contributed by atoms with Gasteiger partial charge in [-0.2, -0.15) is 4.98 Å². The van der Waals surface area contributed by atoms with Crippen LogP contribution < -0.4 is 15.6 Å². The number of amides is 1. The van der Waals surface area contributed by atoms with Crippen LogP contribution in [-0.2, 0) is 4.79 Å². The third kappa shape index (κ3) is 4.47. The fourth-order valence-electron chi connectivity index (χ4n) is 1.66. The molecule has 0 aliphatic heterocycles. The second-order valence-electron chi connectivity index (χ2n) is 4.33. The number of carbonyl (C=O) groups is 1. The molecule has 0 spiro atoms. The van der Waals surface area contributed by atoms with Crippen LogP contribution in [0.5, 0.6) is 5.88 Å². The highest BCUT2D eigenvalue weighted by Crippen LogP contribution is 2.20. The monoisotopic (exact) mass is 333 g/mol. The molecular formula is C14H12FN5O4. The Balaban J connectivity index is 2.02. The summed E-state index contributed by atoms with van der Waals surface area (Å²) in [5.41, 5.74) is 4.39. The molecule has 0 aliphatic carbocycles. The summed E-state index contributed by atoms with van der Waals surface area (Å²) in [6, 6.07) is 4.57.